The zero-order chi connectivity index (χ0) is 21.3. The molecule has 2 heterocycles. The number of urea groups is 1. The number of hydrogen-bond donors (Lipinski definition) is 1. The number of benzene rings is 2. The third kappa shape index (κ3) is 4.13. The molecule has 0 unspecified atom stereocenters. The zero-order valence-corrected chi connectivity index (χ0v) is 19.0. The number of likely N-dealkylation sites (tertiary alicyclic amines) is 1. The molecule has 0 saturated carbocycles. The fraction of sp³-hybridized carbons (Fsp3) is 0.364. The third-order valence-corrected chi connectivity index (χ3v) is 7.90. The van der Waals surface area contributed by atoms with Crippen LogP contribution in [0.1, 0.15) is 28.8 Å². The maximum absolute atomic E-state index is 13.2. The number of piperidine rings is 1. The topological polar surface area (TPSA) is 52.7 Å². The largest absolute Gasteiger partial charge is 0.324 e. The van der Waals surface area contributed by atoms with Gasteiger partial charge < -0.3 is 15.1 Å². The van der Waals surface area contributed by atoms with Crippen molar-refractivity contribution >= 4 is 52.6 Å². The van der Waals surface area contributed by atoms with Gasteiger partial charge in [-0.15, -0.1) is 11.8 Å². The molecular weight excluding hydrogens is 441 g/mol. The van der Waals surface area contributed by atoms with Crippen molar-refractivity contribution < 1.29 is 9.59 Å². The summed E-state index contributed by atoms with van der Waals surface area (Å²) in [4.78, 5) is 29.5. The Bertz CT molecular complexity index is 956. The quantitative estimate of drug-likeness (QED) is 0.637. The predicted octanol–water partition coefficient (Wildman–Crippen LogP) is 5.52. The van der Waals surface area contributed by atoms with E-state index in [1.807, 2.05) is 47.9 Å². The number of halogens is 2. The predicted molar refractivity (Wildman–Crippen MR) is 124 cm³/mol. The van der Waals surface area contributed by atoms with Crippen LogP contribution in [-0.2, 0) is 0 Å². The van der Waals surface area contributed by atoms with Crippen molar-refractivity contribution in [2.24, 2.45) is 0 Å². The number of aryl methyl sites for hydroxylation is 1. The van der Waals surface area contributed by atoms with Crippen LogP contribution in [0.5, 0.6) is 0 Å². The van der Waals surface area contributed by atoms with Crippen molar-refractivity contribution in [3.63, 3.8) is 0 Å². The van der Waals surface area contributed by atoms with Gasteiger partial charge in [0.25, 0.3) is 5.91 Å². The minimum Gasteiger partial charge on any atom is -0.324 e. The second kappa shape index (κ2) is 8.69. The van der Waals surface area contributed by atoms with Gasteiger partial charge in [-0.2, -0.15) is 0 Å². The number of anilines is 1. The van der Waals surface area contributed by atoms with Crippen LogP contribution < -0.4 is 5.32 Å². The Morgan fingerprint density at radius 3 is 2.37 bits per heavy atom. The van der Waals surface area contributed by atoms with Crippen molar-refractivity contribution in [3.05, 3.63) is 63.6 Å². The van der Waals surface area contributed by atoms with E-state index in [1.165, 1.54) is 0 Å². The van der Waals surface area contributed by atoms with E-state index < -0.39 is 0 Å². The van der Waals surface area contributed by atoms with Gasteiger partial charge in [0.05, 0.1) is 20.6 Å². The Labute approximate surface area is 190 Å². The molecule has 2 aromatic rings. The van der Waals surface area contributed by atoms with Gasteiger partial charge in [0.2, 0.25) is 0 Å². The Morgan fingerprint density at radius 1 is 1.03 bits per heavy atom. The summed E-state index contributed by atoms with van der Waals surface area (Å²) in [7, 11) is 0. The van der Waals surface area contributed by atoms with Crippen LogP contribution in [-0.4, -0.2) is 52.0 Å². The van der Waals surface area contributed by atoms with Gasteiger partial charge in [0.1, 0.15) is 0 Å². The molecule has 0 radical (unpaired) electrons. The van der Waals surface area contributed by atoms with E-state index in [0.717, 1.165) is 36.3 Å². The Morgan fingerprint density at radius 2 is 1.70 bits per heavy atom. The smallest absolute Gasteiger partial charge is 0.321 e. The molecule has 2 aliphatic heterocycles. The Hall–Kier alpha value is -1.89. The highest BCUT2D eigenvalue weighted by atomic mass is 35.5. The van der Waals surface area contributed by atoms with Crippen LogP contribution in [0.3, 0.4) is 0 Å². The molecule has 4 rings (SSSR count). The van der Waals surface area contributed by atoms with Crippen molar-refractivity contribution in [2.45, 2.75) is 24.6 Å². The first kappa shape index (κ1) is 21.3. The summed E-state index contributed by atoms with van der Waals surface area (Å²) in [5.41, 5.74) is 2.23. The van der Waals surface area contributed by atoms with Crippen LogP contribution in [0.2, 0.25) is 10.0 Å². The standard InChI is InChI=1S/C22H23Cl2N3O2S/c1-15-4-2-5-16(14-15)20(28)27-12-13-30-22(27)8-10-26(11-9-22)21(29)25-19-17(23)6-3-7-18(19)24/h2-7,14H,8-13H2,1H3,(H,25,29). The lowest BCUT2D eigenvalue weighted by Crippen LogP contribution is -2.54. The van der Waals surface area contributed by atoms with Gasteiger partial charge in [0.15, 0.2) is 0 Å². The highest BCUT2D eigenvalue weighted by molar-refractivity contribution is 8.00. The van der Waals surface area contributed by atoms with E-state index in [0.29, 0.717) is 28.8 Å². The van der Waals surface area contributed by atoms with Crippen molar-refractivity contribution in [1.82, 2.24) is 9.80 Å². The highest BCUT2D eigenvalue weighted by Gasteiger charge is 2.47. The molecule has 30 heavy (non-hydrogen) atoms. The van der Waals surface area contributed by atoms with E-state index in [2.05, 4.69) is 5.32 Å². The molecule has 5 nitrogen and oxygen atoms in total. The van der Waals surface area contributed by atoms with Crippen LogP contribution in [0.4, 0.5) is 10.5 Å². The molecule has 2 aliphatic rings. The normalized spacial score (nSPS) is 18.0. The molecule has 158 valence electrons. The van der Waals surface area contributed by atoms with Crippen molar-refractivity contribution in [1.29, 1.82) is 0 Å². The van der Waals surface area contributed by atoms with Crippen LogP contribution in [0.25, 0.3) is 0 Å². The zero-order valence-electron chi connectivity index (χ0n) is 16.7. The molecule has 2 aromatic carbocycles. The molecule has 0 aliphatic carbocycles. The number of hydrogen-bond acceptors (Lipinski definition) is 3. The summed E-state index contributed by atoms with van der Waals surface area (Å²) < 4.78 is 0. The maximum atomic E-state index is 13.2. The van der Waals surface area contributed by atoms with Gasteiger partial charge in [-0.25, -0.2) is 4.79 Å². The Balaban J connectivity index is 1.44. The van der Waals surface area contributed by atoms with Gasteiger partial charge in [-0.1, -0.05) is 47.0 Å². The SMILES string of the molecule is Cc1cccc(C(=O)N2CCSC23CCN(C(=O)Nc2c(Cl)cccc2Cl)CC3)c1. The van der Waals surface area contributed by atoms with Gasteiger partial charge >= 0.3 is 6.03 Å². The number of para-hydroxylation sites is 1. The maximum Gasteiger partial charge on any atom is 0.321 e. The average Bonchev–Trinajstić information content (AvgIpc) is 3.13. The minimum atomic E-state index is -0.250. The fourth-order valence-electron chi connectivity index (χ4n) is 4.11. The molecule has 8 heteroatoms. The molecule has 2 saturated heterocycles. The van der Waals surface area contributed by atoms with E-state index in [-0.39, 0.29) is 16.8 Å². The highest BCUT2D eigenvalue weighted by Crippen LogP contribution is 2.44. The number of rotatable bonds is 2. The molecule has 2 fully saturated rings. The van der Waals surface area contributed by atoms with E-state index in [1.54, 1.807) is 23.1 Å². The van der Waals surface area contributed by atoms with E-state index in [9.17, 15) is 9.59 Å². The average molecular weight is 464 g/mol. The third-order valence-electron chi connectivity index (χ3n) is 5.71. The molecule has 1 N–H and O–H groups in total. The fourth-order valence-corrected chi connectivity index (χ4v) is 6.05. The van der Waals surface area contributed by atoms with E-state index >= 15 is 0 Å². The minimum absolute atomic E-state index is 0.0736. The number of carbonyl (C=O) groups is 2. The van der Waals surface area contributed by atoms with Crippen LogP contribution >= 0.6 is 35.0 Å². The second-order valence-corrected chi connectivity index (χ2v) is 9.91. The number of thioether (sulfide) groups is 1. The first-order valence-electron chi connectivity index (χ1n) is 9.92. The molecule has 1 spiro atoms. The van der Waals surface area contributed by atoms with Crippen LogP contribution in [0, 0.1) is 6.92 Å². The number of carbonyl (C=O) groups excluding carboxylic acids is 2. The van der Waals surface area contributed by atoms with Gasteiger partial charge in [-0.3, -0.25) is 4.79 Å². The van der Waals surface area contributed by atoms with Crippen LogP contribution in [0.15, 0.2) is 42.5 Å². The van der Waals surface area contributed by atoms with Crippen molar-refractivity contribution in [3.8, 4) is 0 Å². The molecular formula is C22H23Cl2N3O2S. The summed E-state index contributed by atoms with van der Waals surface area (Å²) in [6.45, 7) is 3.86. The summed E-state index contributed by atoms with van der Waals surface area (Å²) in [6.07, 6.45) is 1.47. The summed E-state index contributed by atoms with van der Waals surface area (Å²) in [5.74, 6) is 0.989. The second-order valence-electron chi connectivity index (χ2n) is 7.63. The lowest BCUT2D eigenvalue weighted by atomic mass is 10.0. The number of nitrogens with one attached hydrogen (secondary N) is 1. The monoisotopic (exact) mass is 463 g/mol. The van der Waals surface area contributed by atoms with Crippen molar-refractivity contribution in [2.75, 3.05) is 30.7 Å². The molecule has 0 bridgehead atoms. The summed E-state index contributed by atoms with van der Waals surface area (Å²) in [6, 6.07) is 12.6. The summed E-state index contributed by atoms with van der Waals surface area (Å²) in [5, 5.41) is 3.64. The lowest BCUT2D eigenvalue weighted by molar-refractivity contribution is 0.0585. The number of nitrogens with zero attached hydrogens (tertiary/aromatic N) is 2. The summed E-state index contributed by atoms with van der Waals surface area (Å²) >= 11 is 14.2. The first-order chi connectivity index (χ1) is 14.4. The number of amides is 3. The molecule has 0 aromatic heterocycles. The van der Waals surface area contributed by atoms with Gasteiger partial charge in [0, 0.05) is 31.0 Å². The lowest BCUT2D eigenvalue weighted by Gasteiger charge is -2.44. The van der Waals surface area contributed by atoms with E-state index in [4.69, 9.17) is 23.2 Å². The molecule has 0 atom stereocenters. The first-order valence-corrected chi connectivity index (χ1v) is 11.7. The van der Waals surface area contributed by atoms with Gasteiger partial charge in [-0.05, 0) is 44.0 Å². The Kier molecular flexibility index (Phi) is 6.19. The molecule has 3 amide bonds.